The average molecular weight is 276 g/mol. The van der Waals surface area contributed by atoms with Crippen LogP contribution in [0.2, 0.25) is 5.15 Å². The van der Waals surface area contributed by atoms with E-state index < -0.39 is 6.10 Å². The molecule has 0 radical (unpaired) electrons. The van der Waals surface area contributed by atoms with Crippen molar-refractivity contribution >= 4 is 33.0 Å². The molecule has 1 aromatic carbocycles. The molecule has 1 N–H and O–H groups in total. The molecular weight excluding hydrogens is 266 g/mol. The van der Waals surface area contributed by atoms with Gasteiger partial charge < -0.3 is 5.11 Å². The lowest BCUT2D eigenvalue weighted by molar-refractivity contribution is 0.222. The Morgan fingerprint density at radius 2 is 2.11 bits per heavy atom. The highest BCUT2D eigenvalue weighted by Gasteiger charge is 2.14. The van der Waals surface area contributed by atoms with Gasteiger partial charge in [0.05, 0.1) is 0 Å². The molecule has 2 aromatic heterocycles. The highest BCUT2D eigenvalue weighted by atomic mass is 35.5. The lowest BCUT2D eigenvalue weighted by Gasteiger charge is -2.12. The molecule has 0 saturated heterocycles. The van der Waals surface area contributed by atoms with E-state index in [-0.39, 0.29) is 0 Å². The number of halogens is 1. The predicted octanol–water partition coefficient (Wildman–Crippen LogP) is 4.03. The van der Waals surface area contributed by atoms with Crippen molar-refractivity contribution in [3.05, 3.63) is 64.3 Å². The average Bonchev–Trinajstić information content (AvgIpc) is 2.86. The first-order valence-corrected chi connectivity index (χ1v) is 6.77. The van der Waals surface area contributed by atoms with Crippen LogP contribution in [-0.2, 0) is 0 Å². The minimum atomic E-state index is -0.673. The molecule has 0 fully saturated rings. The number of pyridine rings is 1. The maximum Gasteiger partial charge on any atom is 0.129 e. The Hall–Kier alpha value is -1.42. The molecule has 1 atom stereocenters. The minimum Gasteiger partial charge on any atom is -0.384 e. The molecule has 0 aliphatic carbocycles. The Morgan fingerprint density at radius 1 is 1.22 bits per heavy atom. The van der Waals surface area contributed by atoms with Crippen molar-refractivity contribution in [2.24, 2.45) is 0 Å². The van der Waals surface area contributed by atoms with Crippen molar-refractivity contribution in [1.29, 1.82) is 0 Å². The number of rotatable bonds is 2. The van der Waals surface area contributed by atoms with Crippen LogP contribution in [0.15, 0.2) is 48.0 Å². The molecule has 0 aliphatic rings. The standard InChI is InChI=1S/C14H10ClNOS/c15-12-8-10(4-6-16-12)13(17)11-3-1-2-9-5-7-18-14(9)11/h1-8,13,17H. The van der Waals surface area contributed by atoms with Crippen LogP contribution in [0.4, 0.5) is 0 Å². The van der Waals surface area contributed by atoms with Crippen molar-refractivity contribution < 1.29 is 5.11 Å². The molecule has 0 bridgehead atoms. The molecule has 1 unspecified atom stereocenters. The van der Waals surface area contributed by atoms with Gasteiger partial charge in [-0.15, -0.1) is 11.3 Å². The molecule has 0 aliphatic heterocycles. The van der Waals surface area contributed by atoms with Gasteiger partial charge in [-0.1, -0.05) is 29.8 Å². The zero-order chi connectivity index (χ0) is 12.5. The first-order chi connectivity index (χ1) is 8.75. The van der Waals surface area contributed by atoms with Crippen LogP contribution in [0.3, 0.4) is 0 Å². The number of aromatic nitrogens is 1. The largest absolute Gasteiger partial charge is 0.384 e. The quantitative estimate of drug-likeness (QED) is 0.716. The van der Waals surface area contributed by atoms with E-state index in [2.05, 4.69) is 11.1 Å². The van der Waals surface area contributed by atoms with E-state index in [1.54, 1.807) is 29.7 Å². The number of aliphatic hydroxyl groups is 1. The van der Waals surface area contributed by atoms with Gasteiger partial charge in [0, 0.05) is 16.5 Å². The maximum absolute atomic E-state index is 10.5. The van der Waals surface area contributed by atoms with Crippen LogP contribution >= 0.6 is 22.9 Å². The van der Waals surface area contributed by atoms with Crippen LogP contribution in [-0.4, -0.2) is 10.1 Å². The van der Waals surface area contributed by atoms with E-state index in [1.807, 2.05) is 23.6 Å². The molecule has 2 heterocycles. The van der Waals surface area contributed by atoms with E-state index in [0.29, 0.717) is 5.15 Å². The van der Waals surface area contributed by atoms with Gasteiger partial charge in [0.25, 0.3) is 0 Å². The summed E-state index contributed by atoms with van der Waals surface area (Å²) in [7, 11) is 0. The third-order valence-electron chi connectivity index (χ3n) is 2.87. The summed E-state index contributed by atoms with van der Waals surface area (Å²) in [5.41, 5.74) is 1.67. The van der Waals surface area contributed by atoms with Crippen molar-refractivity contribution in [1.82, 2.24) is 4.98 Å². The molecule has 3 aromatic rings. The molecule has 90 valence electrons. The summed E-state index contributed by atoms with van der Waals surface area (Å²) in [5, 5.41) is 14.0. The van der Waals surface area contributed by atoms with Gasteiger partial charge in [-0.3, -0.25) is 0 Å². The number of benzene rings is 1. The fraction of sp³-hybridized carbons (Fsp3) is 0.0714. The summed E-state index contributed by atoms with van der Waals surface area (Å²) >= 11 is 7.49. The van der Waals surface area contributed by atoms with Crippen molar-refractivity contribution in [3.63, 3.8) is 0 Å². The Labute approximate surface area is 113 Å². The Morgan fingerprint density at radius 3 is 2.94 bits per heavy atom. The SMILES string of the molecule is OC(c1ccnc(Cl)c1)c1cccc2ccsc12. The first-order valence-electron chi connectivity index (χ1n) is 5.51. The van der Waals surface area contributed by atoms with E-state index in [0.717, 1.165) is 21.2 Å². The number of fused-ring (bicyclic) bond motifs is 1. The van der Waals surface area contributed by atoms with Gasteiger partial charge in [-0.25, -0.2) is 4.98 Å². The highest BCUT2D eigenvalue weighted by Crippen LogP contribution is 2.32. The van der Waals surface area contributed by atoms with E-state index in [1.165, 1.54) is 0 Å². The second-order valence-corrected chi connectivity index (χ2v) is 5.30. The summed E-state index contributed by atoms with van der Waals surface area (Å²) in [6.07, 6.45) is 0.933. The zero-order valence-electron chi connectivity index (χ0n) is 9.38. The Kier molecular flexibility index (Phi) is 3.04. The second-order valence-electron chi connectivity index (χ2n) is 4.00. The zero-order valence-corrected chi connectivity index (χ0v) is 10.9. The van der Waals surface area contributed by atoms with Crippen LogP contribution in [0.5, 0.6) is 0 Å². The monoisotopic (exact) mass is 275 g/mol. The van der Waals surface area contributed by atoms with Gasteiger partial charge in [0.2, 0.25) is 0 Å². The van der Waals surface area contributed by atoms with Gasteiger partial charge in [-0.2, -0.15) is 0 Å². The lowest BCUT2D eigenvalue weighted by Crippen LogP contribution is -2.00. The molecule has 18 heavy (non-hydrogen) atoms. The fourth-order valence-corrected chi connectivity index (χ4v) is 3.12. The molecule has 3 rings (SSSR count). The van der Waals surface area contributed by atoms with Crippen molar-refractivity contribution in [3.8, 4) is 0 Å². The lowest BCUT2D eigenvalue weighted by atomic mass is 10.0. The predicted molar refractivity (Wildman–Crippen MR) is 75.1 cm³/mol. The van der Waals surface area contributed by atoms with Gasteiger partial charge >= 0.3 is 0 Å². The summed E-state index contributed by atoms with van der Waals surface area (Å²) < 4.78 is 1.11. The molecule has 0 amide bonds. The molecule has 4 heteroatoms. The second kappa shape index (κ2) is 4.69. The number of hydrogen-bond donors (Lipinski definition) is 1. The third kappa shape index (κ3) is 2.01. The number of nitrogens with zero attached hydrogens (tertiary/aromatic N) is 1. The third-order valence-corrected chi connectivity index (χ3v) is 4.06. The van der Waals surface area contributed by atoms with Crippen LogP contribution in [0.1, 0.15) is 17.2 Å². The maximum atomic E-state index is 10.5. The topological polar surface area (TPSA) is 33.1 Å². The normalized spacial score (nSPS) is 12.8. The number of hydrogen-bond acceptors (Lipinski definition) is 3. The minimum absolute atomic E-state index is 0.393. The summed E-state index contributed by atoms with van der Waals surface area (Å²) in [6.45, 7) is 0. The first kappa shape index (κ1) is 11.7. The van der Waals surface area contributed by atoms with Gasteiger partial charge in [0.15, 0.2) is 0 Å². The fourth-order valence-electron chi connectivity index (χ4n) is 2.00. The van der Waals surface area contributed by atoms with E-state index in [4.69, 9.17) is 11.6 Å². The highest BCUT2D eigenvalue weighted by molar-refractivity contribution is 7.17. The smallest absolute Gasteiger partial charge is 0.129 e. The van der Waals surface area contributed by atoms with E-state index >= 15 is 0 Å². The molecule has 0 spiro atoms. The summed E-state index contributed by atoms with van der Waals surface area (Å²) in [5.74, 6) is 0. The molecular formula is C14H10ClNOS. The van der Waals surface area contributed by atoms with Gasteiger partial charge in [0.1, 0.15) is 11.3 Å². The number of aliphatic hydroxyl groups excluding tert-OH is 1. The molecule has 2 nitrogen and oxygen atoms in total. The van der Waals surface area contributed by atoms with Gasteiger partial charge in [-0.05, 0) is 34.5 Å². The summed E-state index contributed by atoms with van der Waals surface area (Å²) in [4.78, 5) is 3.93. The van der Waals surface area contributed by atoms with Crippen molar-refractivity contribution in [2.45, 2.75) is 6.10 Å². The van der Waals surface area contributed by atoms with Crippen LogP contribution in [0, 0.1) is 0 Å². The Bertz CT molecular complexity index is 695. The summed E-state index contributed by atoms with van der Waals surface area (Å²) in [6, 6.07) is 11.5. The van der Waals surface area contributed by atoms with E-state index in [9.17, 15) is 5.11 Å². The molecule has 0 saturated carbocycles. The van der Waals surface area contributed by atoms with Crippen LogP contribution in [0.25, 0.3) is 10.1 Å². The van der Waals surface area contributed by atoms with Crippen molar-refractivity contribution in [2.75, 3.05) is 0 Å². The Balaban J connectivity index is 2.12. The number of thiophene rings is 1. The van der Waals surface area contributed by atoms with Crippen LogP contribution < -0.4 is 0 Å².